The second kappa shape index (κ2) is 9.92. The van der Waals surface area contributed by atoms with Crippen LogP contribution in [-0.4, -0.2) is 48.5 Å². The van der Waals surface area contributed by atoms with Crippen molar-refractivity contribution in [3.63, 3.8) is 0 Å². The minimum absolute atomic E-state index is 0.198. The Morgan fingerprint density at radius 3 is 2.64 bits per heavy atom. The Hall–Kier alpha value is -2.08. The molecule has 0 radical (unpaired) electrons. The maximum atomic E-state index is 12.1. The van der Waals surface area contributed by atoms with Crippen LogP contribution in [-0.2, 0) is 11.3 Å². The van der Waals surface area contributed by atoms with Crippen LogP contribution in [0.2, 0.25) is 10.0 Å². The van der Waals surface area contributed by atoms with E-state index < -0.39 is 0 Å². The van der Waals surface area contributed by atoms with Gasteiger partial charge in [0.2, 0.25) is 5.91 Å². The average Bonchev–Trinajstić information content (AvgIpc) is 2.74. The molecule has 28 heavy (non-hydrogen) atoms. The van der Waals surface area contributed by atoms with Crippen LogP contribution in [0.4, 0.5) is 5.82 Å². The fraction of sp³-hybridized carbons (Fsp3) is 0.333. The highest BCUT2D eigenvalue weighted by molar-refractivity contribution is 6.42. The Morgan fingerprint density at radius 1 is 1.18 bits per heavy atom. The molecule has 2 heterocycles. The third-order valence-corrected chi connectivity index (χ3v) is 5.65. The topological polar surface area (TPSA) is 48.5 Å². The van der Waals surface area contributed by atoms with Crippen LogP contribution in [0.5, 0.6) is 0 Å². The number of likely N-dealkylation sites (N-methyl/N-ethyl adjacent to an activating group) is 1. The zero-order valence-corrected chi connectivity index (χ0v) is 17.4. The normalized spacial score (nSPS) is 15.2. The minimum atomic E-state index is -0.198. The molecule has 0 aliphatic carbocycles. The summed E-state index contributed by atoms with van der Waals surface area (Å²) in [5.74, 6) is 0.789. The highest BCUT2D eigenvalue weighted by Gasteiger charge is 2.16. The Bertz CT molecular complexity index is 831. The summed E-state index contributed by atoms with van der Waals surface area (Å²) < 4.78 is 0. The van der Waals surface area contributed by atoms with Gasteiger partial charge in [-0.2, -0.15) is 0 Å². The number of amides is 1. The standard InChI is InChI=1S/C21H24Cl2N4O/c1-2-26-10-12-27(13-11-26)19-8-6-16(14-24-19)15-25-20(28)9-7-17-4-3-5-18(22)21(17)23/h3-9,14H,2,10-13,15H2,1H3,(H,25,28). The van der Waals surface area contributed by atoms with Crippen LogP contribution >= 0.6 is 23.2 Å². The van der Waals surface area contributed by atoms with Gasteiger partial charge in [0.05, 0.1) is 10.0 Å². The number of halogens is 2. The molecule has 0 saturated carbocycles. The first-order valence-corrected chi connectivity index (χ1v) is 10.1. The number of benzene rings is 1. The van der Waals surface area contributed by atoms with Gasteiger partial charge in [0, 0.05) is 45.0 Å². The summed E-state index contributed by atoms with van der Waals surface area (Å²) in [4.78, 5) is 21.3. The van der Waals surface area contributed by atoms with Gasteiger partial charge in [-0.3, -0.25) is 4.79 Å². The molecule has 0 spiro atoms. The van der Waals surface area contributed by atoms with Gasteiger partial charge in [0.25, 0.3) is 0 Å². The van der Waals surface area contributed by atoms with E-state index in [-0.39, 0.29) is 5.91 Å². The minimum Gasteiger partial charge on any atom is -0.354 e. The van der Waals surface area contributed by atoms with Crippen molar-refractivity contribution in [2.75, 3.05) is 37.6 Å². The van der Waals surface area contributed by atoms with Gasteiger partial charge in [-0.05, 0) is 35.9 Å². The number of rotatable bonds is 6. The molecule has 1 saturated heterocycles. The fourth-order valence-corrected chi connectivity index (χ4v) is 3.44. The summed E-state index contributed by atoms with van der Waals surface area (Å²) in [6, 6.07) is 9.33. The highest BCUT2D eigenvalue weighted by Crippen LogP contribution is 2.26. The first-order chi connectivity index (χ1) is 13.6. The lowest BCUT2D eigenvalue weighted by Crippen LogP contribution is -2.46. The summed E-state index contributed by atoms with van der Waals surface area (Å²) in [5, 5.41) is 3.76. The van der Waals surface area contributed by atoms with Crippen molar-refractivity contribution in [3.05, 3.63) is 63.8 Å². The molecule has 0 unspecified atom stereocenters. The first kappa shape index (κ1) is 20.6. The second-order valence-electron chi connectivity index (χ2n) is 6.64. The van der Waals surface area contributed by atoms with Gasteiger partial charge in [0.1, 0.15) is 5.82 Å². The number of nitrogens with one attached hydrogen (secondary N) is 1. The quantitative estimate of drug-likeness (QED) is 0.723. The molecular weight excluding hydrogens is 395 g/mol. The predicted octanol–water partition coefficient (Wildman–Crippen LogP) is 3.86. The van der Waals surface area contributed by atoms with Crippen molar-refractivity contribution in [2.24, 2.45) is 0 Å². The molecule has 5 nitrogen and oxygen atoms in total. The van der Waals surface area contributed by atoms with Crippen molar-refractivity contribution in [3.8, 4) is 0 Å². The van der Waals surface area contributed by atoms with Gasteiger partial charge < -0.3 is 15.1 Å². The number of carbonyl (C=O) groups is 1. The van der Waals surface area contributed by atoms with Crippen molar-refractivity contribution in [2.45, 2.75) is 13.5 Å². The van der Waals surface area contributed by atoms with E-state index in [9.17, 15) is 4.79 Å². The Labute approximate surface area is 175 Å². The molecule has 1 N–H and O–H groups in total. The summed E-state index contributed by atoms with van der Waals surface area (Å²) in [7, 11) is 0. The van der Waals surface area contributed by atoms with E-state index in [4.69, 9.17) is 23.2 Å². The monoisotopic (exact) mass is 418 g/mol. The van der Waals surface area contributed by atoms with E-state index in [2.05, 4.69) is 27.0 Å². The number of pyridine rings is 1. The molecule has 2 aromatic rings. The molecular formula is C21H24Cl2N4O. The maximum Gasteiger partial charge on any atom is 0.244 e. The van der Waals surface area contributed by atoms with Crippen molar-refractivity contribution in [1.82, 2.24) is 15.2 Å². The molecule has 1 amide bonds. The molecule has 1 aromatic carbocycles. The van der Waals surface area contributed by atoms with Crippen molar-refractivity contribution >= 4 is 41.0 Å². The lowest BCUT2D eigenvalue weighted by molar-refractivity contribution is -0.116. The van der Waals surface area contributed by atoms with Crippen LogP contribution in [0.15, 0.2) is 42.6 Å². The lowest BCUT2D eigenvalue weighted by atomic mass is 10.2. The van der Waals surface area contributed by atoms with E-state index >= 15 is 0 Å². The van der Waals surface area contributed by atoms with Gasteiger partial charge in [-0.1, -0.05) is 48.3 Å². The van der Waals surface area contributed by atoms with Crippen molar-refractivity contribution < 1.29 is 4.79 Å². The largest absolute Gasteiger partial charge is 0.354 e. The second-order valence-corrected chi connectivity index (χ2v) is 7.43. The SMILES string of the molecule is CCN1CCN(c2ccc(CNC(=O)C=Cc3cccc(Cl)c3Cl)cn2)CC1. The zero-order valence-electron chi connectivity index (χ0n) is 15.9. The zero-order chi connectivity index (χ0) is 19.9. The molecule has 1 fully saturated rings. The van der Waals surface area contributed by atoms with E-state index in [0.717, 1.165) is 44.1 Å². The molecule has 1 aliphatic rings. The molecule has 7 heteroatoms. The van der Waals surface area contributed by atoms with Crippen molar-refractivity contribution in [1.29, 1.82) is 0 Å². The van der Waals surface area contributed by atoms with E-state index in [0.29, 0.717) is 22.2 Å². The van der Waals surface area contributed by atoms with Crippen LogP contribution in [0.3, 0.4) is 0 Å². The van der Waals surface area contributed by atoms with Crippen LogP contribution in [0.25, 0.3) is 6.08 Å². The number of piperazine rings is 1. The van der Waals surface area contributed by atoms with Gasteiger partial charge in [0.15, 0.2) is 0 Å². The fourth-order valence-electron chi connectivity index (χ4n) is 3.06. The smallest absolute Gasteiger partial charge is 0.244 e. The number of nitrogens with zero attached hydrogens (tertiary/aromatic N) is 3. The summed E-state index contributed by atoms with van der Waals surface area (Å²) >= 11 is 12.1. The summed E-state index contributed by atoms with van der Waals surface area (Å²) in [5.41, 5.74) is 1.66. The number of hydrogen-bond donors (Lipinski definition) is 1. The number of anilines is 1. The van der Waals surface area contributed by atoms with Gasteiger partial charge in [-0.15, -0.1) is 0 Å². The molecule has 0 atom stereocenters. The van der Waals surface area contributed by atoms with E-state index in [1.807, 2.05) is 18.3 Å². The number of aromatic nitrogens is 1. The summed E-state index contributed by atoms with van der Waals surface area (Å²) in [6.07, 6.45) is 4.92. The molecule has 3 rings (SSSR count). The number of hydrogen-bond acceptors (Lipinski definition) is 4. The maximum absolute atomic E-state index is 12.1. The van der Waals surface area contributed by atoms with Crippen LogP contribution in [0.1, 0.15) is 18.1 Å². The molecule has 148 valence electrons. The number of carbonyl (C=O) groups excluding carboxylic acids is 1. The Kier molecular flexibility index (Phi) is 7.31. The average molecular weight is 419 g/mol. The van der Waals surface area contributed by atoms with E-state index in [1.54, 1.807) is 24.3 Å². The van der Waals surface area contributed by atoms with Crippen LogP contribution in [0, 0.1) is 0 Å². The third-order valence-electron chi connectivity index (χ3n) is 4.82. The first-order valence-electron chi connectivity index (χ1n) is 9.39. The van der Waals surface area contributed by atoms with E-state index in [1.165, 1.54) is 6.08 Å². The van der Waals surface area contributed by atoms with Crippen LogP contribution < -0.4 is 10.2 Å². The highest BCUT2D eigenvalue weighted by atomic mass is 35.5. The Balaban J connectivity index is 1.50. The molecule has 0 bridgehead atoms. The van der Waals surface area contributed by atoms with Gasteiger partial charge in [-0.25, -0.2) is 4.98 Å². The lowest BCUT2D eigenvalue weighted by Gasteiger charge is -2.34. The third kappa shape index (κ3) is 5.47. The Morgan fingerprint density at radius 2 is 1.96 bits per heavy atom. The predicted molar refractivity (Wildman–Crippen MR) is 116 cm³/mol. The summed E-state index contributed by atoms with van der Waals surface area (Å²) in [6.45, 7) is 7.83. The molecule has 1 aromatic heterocycles. The molecule has 1 aliphatic heterocycles. The van der Waals surface area contributed by atoms with Gasteiger partial charge >= 0.3 is 0 Å².